The molecule has 5 nitrogen and oxygen atoms in total. The minimum absolute atomic E-state index is 0.344. The topological polar surface area (TPSA) is 57.7 Å². The highest BCUT2D eigenvalue weighted by Gasteiger charge is 2.27. The van der Waals surface area contributed by atoms with Gasteiger partial charge in [0.25, 0.3) is 0 Å². The standard InChI is InChI=1S/C13H13N5S/c1-8-9-3-5-19-10(9)2-4-18(8)13-11-12(15-6-14-11)16-7-17-13/h3,5-8H,2,4H2,1H3,(H,14,15,16,17)/t8-/m0/s1. The van der Waals surface area contributed by atoms with E-state index in [0.717, 1.165) is 29.9 Å². The summed E-state index contributed by atoms with van der Waals surface area (Å²) in [5.41, 5.74) is 3.07. The second-order valence-corrected chi connectivity index (χ2v) is 5.72. The molecule has 6 heteroatoms. The van der Waals surface area contributed by atoms with Crippen LogP contribution in [-0.4, -0.2) is 26.5 Å². The molecule has 3 aromatic heterocycles. The third-order valence-corrected chi connectivity index (χ3v) is 4.75. The van der Waals surface area contributed by atoms with E-state index in [0.29, 0.717) is 6.04 Å². The fourth-order valence-electron chi connectivity index (χ4n) is 2.77. The second kappa shape index (κ2) is 4.03. The zero-order valence-corrected chi connectivity index (χ0v) is 11.3. The Hall–Kier alpha value is -1.95. The van der Waals surface area contributed by atoms with Crippen molar-refractivity contribution in [3.05, 3.63) is 34.5 Å². The van der Waals surface area contributed by atoms with E-state index in [4.69, 9.17) is 0 Å². The van der Waals surface area contributed by atoms with Gasteiger partial charge in [0.15, 0.2) is 11.5 Å². The Bertz CT molecular complexity index is 731. The monoisotopic (exact) mass is 271 g/mol. The lowest BCUT2D eigenvalue weighted by Gasteiger charge is -2.34. The van der Waals surface area contributed by atoms with Crippen LogP contribution < -0.4 is 4.90 Å². The number of anilines is 1. The Morgan fingerprint density at radius 1 is 1.37 bits per heavy atom. The molecule has 4 rings (SSSR count). The summed E-state index contributed by atoms with van der Waals surface area (Å²) in [6.07, 6.45) is 4.35. The molecule has 1 aliphatic heterocycles. The predicted molar refractivity (Wildman–Crippen MR) is 75.5 cm³/mol. The van der Waals surface area contributed by atoms with E-state index in [9.17, 15) is 0 Å². The molecule has 0 unspecified atom stereocenters. The highest BCUT2D eigenvalue weighted by atomic mass is 32.1. The molecule has 0 aromatic carbocycles. The van der Waals surface area contributed by atoms with Gasteiger partial charge in [0, 0.05) is 11.4 Å². The minimum atomic E-state index is 0.344. The largest absolute Gasteiger partial charge is 0.348 e. The van der Waals surface area contributed by atoms with Crippen molar-refractivity contribution in [2.45, 2.75) is 19.4 Å². The maximum Gasteiger partial charge on any atom is 0.182 e. The summed E-state index contributed by atoms with van der Waals surface area (Å²) in [5, 5.41) is 2.18. The van der Waals surface area contributed by atoms with Gasteiger partial charge in [0.05, 0.1) is 12.4 Å². The Labute approximate surface area is 114 Å². The van der Waals surface area contributed by atoms with Crippen LogP contribution in [0.4, 0.5) is 5.82 Å². The van der Waals surface area contributed by atoms with Crippen LogP contribution in [0.2, 0.25) is 0 Å². The van der Waals surface area contributed by atoms with Gasteiger partial charge in [-0.2, -0.15) is 0 Å². The molecule has 0 fully saturated rings. The molecule has 0 bridgehead atoms. The average Bonchev–Trinajstić information content (AvgIpc) is 3.07. The Morgan fingerprint density at radius 2 is 2.32 bits per heavy atom. The summed E-state index contributed by atoms with van der Waals surface area (Å²) in [5.74, 6) is 0.951. The highest BCUT2D eigenvalue weighted by molar-refractivity contribution is 7.10. The van der Waals surface area contributed by atoms with Crippen molar-refractivity contribution in [1.29, 1.82) is 0 Å². The second-order valence-electron chi connectivity index (χ2n) is 4.72. The predicted octanol–water partition coefficient (Wildman–Crippen LogP) is 2.54. The van der Waals surface area contributed by atoms with Crippen molar-refractivity contribution in [2.75, 3.05) is 11.4 Å². The molecule has 1 N–H and O–H groups in total. The SMILES string of the molecule is C[C@H]1c2ccsc2CCN1c1ncnc2nc[nH]c12. The van der Waals surface area contributed by atoms with Crippen LogP contribution >= 0.6 is 11.3 Å². The number of nitrogens with zero attached hydrogens (tertiary/aromatic N) is 4. The van der Waals surface area contributed by atoms with Crippen molar-refractivity contribution in [2.24, 2.45) is 0 Å². The lowest BCUT2D eigenvalue weighted by Crippen LogP contribution is -2.33. The van der Waals surface area contributed by atoms with Gasteiger partial charge in [-0.25, -0.2) is 15.0 Å². The van der Waals surface area contributed by atoms with E-state index in [1.165, 1.54) is 10.4 Å². The van der Waals surface area contributed by atoms with Gasteiger partial charge in [-0.05, 0) is 30.4 Å². The zero-order chi connectivity index (χ0) is 12.8. The number of hydrogen-bond acceptors (Lipinski definition) is 5. The molecule has 96 valence electrons. The Balaban J connectivity index is 1.83. The number of nitrogens with one attached hydrogen (secondary N) is 1. The highest BCUT2D eigenvalue weighted by Crippen LogP contribution is 2.36. The number of rotatable bonds is 1. The van der Waals surface area contributed by atoms with E-state index >= 15 is 0 Å². The quantitative estimate of drug-likeness (QED) is 0.739. The van der Waals surface area contributed by atoms with Gasteiger partial charge in [-0.3, -0.25) is 0 Å². The van der Waals surface area contributed by atoms with Gasteiger partial charge >= 0.3 is 0 Å². The maximum absolute atomic E-state index is 4.46. The molecule has 4 heterocycles. The number of aromatic amines is 1. The van der Waals surface area contributed by atoms with Crippen LogP contribution in [-0.2, 0) is 6.42 Å². The van der Waals surface area contributed by atoms with Gasteiger partial charge in [-0.1, -0.05) is 0 Å². The summed E-state index contributed by atoms with van der Waals surface area (Å²) in [7, 11) is 0. The normalized spacial score (nSPS) is 18.8. The van der Waals surface area contributed by atoms with Crippen molar-refractivity contribution in [3.63, 3.8) is 0 Å². The lowest BCUT2D eigenvalue weighted by atomic mass is 10.0. The minimum Gasteiger partial charge on any atom is -0.348 e. The Kier molecular flexibility index (Phi) is 2.32. The molecule has 0 saturated heterocycles. The summed E-state index contributed by atoms with van der Waals surface area (Å²) in [4.78, 5) is 19.8. The average molecular weight is 271 g/mol. The number of fused-ring (bicyclic) bond motifs is 2. The van der Waals surface area contributed by atoms with E-state index < -0.39 is 0 Å². The zero-order valence-electron chi connectivity index (χ0n) is 10.5. The third kappa shape index (κ3) is 1.56. The summed E-state index contributed by atoms with van der Waals surface area (Å²) < 4.78 is 0. The summed E-state index contributed by atoms with van der Waals surface area (Å²) >= 11 is 1.85. The fraction of sp³-hybridized carbons (Fsp3) is 0.308. The smallest absolute Gasteiger partial charge is 0.182 e. The van der Waals surface area contributed by atoms with Gasteiger partial charge < -0.3 is 9.88 Å². The van der Waals surface area contributed by atoms with Crippen LogP contribution in [0.25, 0.3) is 11.2 Å². The molecule has 0 radical (unpaired) electrons. The van der Waals surface area contributed by atoms with Crippen molar-refractivity contribution in [3.8, 4) is 0 Å². The van der Waals surface area contributed by atoms with Crippen LogP contribution in [0.1, 0.15) is 23.4 Å². The molecule has 0 spiro atoms. The fourth-order valence-corrected chi connectivity index (χ4v) is 3.73. The first-order chi connectivity index (χ1) is 9.34. The molecule has 19 heavy (non-hydrogen) atoms. The molecule has 3 aromatic rings. The van der Waals surface area contributed by atoms with Crippen molar-refractivity contribution < 1.29 is 0 Å². The molecule has 0 aliphatic carbocycles. The van der Waals surface area contributed by atoms with E-state index in [-0.39, 0.29) is 0 Å². The van der Waals surface area contributed by atoms with Crippen molar-refractivity contribution >= 4 is 28.3 Å². The maximum atomic E-state index is 4.46. The van der Waals surface area contributed by atoms with Gasteiger partial charge in [-0.15, -0.1) is 11.3 Å². The first kappa shape index (κ1) is 10.9. The number of imidazole rings is 1. The first-order valence-electron chi connectivity index (χ1n) is 6.31. The first-order valence-corrected chi connectivity index (χ1v) is 7.19. The van der Waals surface area contributed by atoms with Crippen LogP contribution in [0.15, 0.2) is 24.1 Å². The van der Waals surface area contributed by atoms with Crippen LogP contribution in [0, 0.1) is 0 Å². The van der Waals surface area contributed by atoms with E-state index in [2.05, 4.69) is 43.2 Å². The lowest BCUT2D eigenvalue weighted by molar-refractivity contribution is 0.626. The number of hydrogen-bond donors (Lipinski definition) is 1. The van der Waals surface area contributed by atoms with Crippen LogP contribution in [0.3, 0.4) is 0 Å². The molecule has 1 atom stereocenters. The van der Waals surface area contributed by atoms with Gasteiger partial charge in [0.1, 0.15) is 11.8 Å². The summed E-state index contributed by atoms with van der Waals surface area (Å²) in [6, 6.07) is 2.57. The van der Waals surface area contributed by atoms with E-state index in [1.54, 1.807) is 12.7 Å². The number of thiophene rings is 1. The van der Waals surface area contributed by atoms with E-state index in [1.807, 2.05) is 11.3 Å². The molecule has 0 saturated carbocycles. The van der Waals surface area contributed by atoms with Crippen LogP contribution in [0.5, 0.6) is 0 Å². The molecule has 0 amide bonds. The molecular formula is C13H13N5S. The number of aromatic nitrogens is 4. The number of H-pyrrole nitrogens is 1. The summed E-state index contributed by atoms with van der Waals surface area (Å²) in [6.45, 7) is 3.22. The van der Waals surface area contributed by atoms with Crippen molar-refractivity contribution in [1.82, 2.24) is 19.9 Å². The third-order valence-electron chi connectivity index (χ3n) is 3.75. The molecule has 1 aliphatic rings. The Morgan fingerprint density at radius 3 is 3.26 bits per heavy atom. The van der Waals surface area contributed by atoms with Gasteiger partial charge in [0.2, 0.25) is 0 Å². The molecular weight excluding hydrogens is 258 g/mol.